The van der Waals surface area contributed by atoms with Gasteiger partial charge in [0.25, 0.3) is 5.91 Å². The highest BCUT2D eigenvalue weighted by Gasteiger charge is 2.27. The molecule has 0 bridgehead atoms. The van der Waals surface area contributed by atoms with E-state index < -0.39 is 0 Å². The molecule has 0 radical (unpaired) electrons. The smallest absolute Gasteiger partial charge is 0.341 e. The molecule has 0 atom stereocenters. The van der Waals surface area contributed by atoms with Gasteiger partial charge in [-0.3, -0.25) is 4.79 Å². The first-order valence-electron chi connectivity index (χ1n) is 9.83. The summed E-state index contributed by atoms with van der Waals surface area (Å²) >= 11 is 1.48. The topological polar surface area (TPSA) is 73.9 Å². The van der Waals surface area contributed by atoms with Crippen molar-refractivity contribution in [3.63, 3.8) is 0 Å². The summed E-state index contributed by atoms with van der Waals surface area (Å²) in [6, 6.07) is 4.98. The number of aryl methyl sites for hydroxylation is 1. The number of thiophene rings is 1. The Hall–Kier alpha value is -2.54. The number of fused-ring (bicyclic) bond motifs is 1. The van der Waals surface area contributed by atoms with Crippen molar-refractivity contribution < 1.29 is 23.8 Å². The number of carbonyl (C=O) groups is 2. The van der Waals surface area contributed by atoms with E-state index in [1.165, 1.54) is 23.3 Å². The summed E-state index contributed by atoms with van der Waals surface area (Å²) < 4.78 is 16.0. The van der Waals surface area contributed by atoms with Crippen LogP contribution in [0.25, 0.3) is 0 Å². The lowest BCUT2D eigenvalue weighted by Crippen LogP contribution is -2.17. The maximum atomic E-state index is 12.9. The molecule has 1 aliphatic carbocycles. The highest BCUT2D eigenvalue weighted by atomic mass is 32.1. The van der Waals surface area contributed by atoms with Gasteiger partial charge in [-0.25, -0.2) is 4.79 Å². The van der Waals surface area contributed by atoms with Gasteiger partial charge in [0.15, 0.2) is 11.5 Å². The van der Waals surface area contributed by atoms with E-state index in [0.29, 0.717) is 27.6 Å². The van der Waals surface area contributed by atoms with Crippen molar-refractivity contribution in [3.05, 3.63) is 39.8 Å². The van der Waals surface area contributed by atoms with Gasteiger partial charge in [-0.2, -0.15) is 0 Å². The van der Waals surface area contributed by atoms with Gasteiger partial charge in [0.2, 0.25) is 0 Å². The second-order valence-electron chi connectivity index (χ2n) is 7.25. The van der Waals surface area contributed by atoms with Crippen molar-refractivity contribution in [2.45, 2.75) is 52.1 Å². The number of rotatable bonds is 6. The maximum Gasteiger partial charge on any atom is 0.341 e. The Bertz CT molecular complexity index is 903. The summed E-state index contributed by atoms with van der Waals surface area (Å²) in [4.78, 5) is 26.9. The molecule has 1 aliphatic rings. The zero-order valence-electron chi connectivity index (χ0n) is 17.3. The molecule has 1 amide bonds. The van der Waals surface area contributed by atoms with Crippen molar-refractivity contribution in [1.29, 1.82) is 0 Å². The number of carbonyl (C=O) groups excluding carboxylic acids is 2. The van der Waals surface area contributed by atoms with E-state index >= 15 is 0 Å². The van der Waals surface area contributed by atoms with Crippen LogP contribution in [-0.2, 0) is 17.6 Å². The number of methoxy groups -OCH3 is 2. The molecule has 0 saturated carbocycles. The van der Waals surface area contributed by atoms with E-state index in [-0.39, 0.29) is 18.0 Å². The fourth-order valence-electron chi connectivity index (χ4n) is 3.47. The van der Waals surface area contributed by atoms with Crippen LogP contribution in [0.4, 0.5) is 5.00 Å². The predicted molar refractivity (Wildman–Crippen MR) is 114 cm³/mol. The quantitative estimate of drug-likeness (QED) is 0.537. The Morgan fingerprint density at radius 3 is 2.45 bits per heavy atom. The standard InChI is InChI=1S/C22H27NO5S/c1-13(2)28-22(25)19-15-8-6-5-7-9-18(15)29-21(19)23-20(24)14-10-11-16(26-3)17(12-14)27-4/h10-13H,5-9H2,1-4H3,(H,23,24). The van der Waals surface area contributed by atoms with Crippen molar-refractivity contribution >= 4 is 28.2 Å². The van der Waals surface area contributed by atoms with Gasteiger partial charge in [0.05, 0.1) is 25.9 Å². The van der Waals surface area contributed by atoms with Crippen LogP contribution in [0, 0.1) is 0 Å². The number of hydrogen-bond donors (Lipinski definition) is 1. The summed E-state index contributed by atoms with van der Waals surface area (Å²) in [5, 5.41) is 3.49. The molecule has 2 aromatic rings. The second kappa shape index (κ2) is 9.31. The number of benzene rings is 1. The summed E-state index contributed by atoms with van der Waals surface area (Å²) in [7, 11) is 3.07. The Balaban J connectivity index is 1.94. The number of amides is 1. The zero-order valence-corrected chi connectivity index (χ0v) is 18.1. The van der Waals surface area contributed by atoms with Gasteiger partial charge in [-0.1, -0.05) is 6.42 Å². The molecular formula is C22H27NO5S. The van der Waals surface area contributed by atoms with Gasteiger partial charge in [-0.05, 0) is 63.3 Å². The second-order valence-corrected chi connectivity index (χ2v) is 8.35. The molecule has 1 aromatic carbocycles. The Morgan fingerprint density at radius 2 is 1.76 bits per heavy atom. The summed E-state index contributed by atoms with van der Waals surface area (Å²) in [5.41, 5.74) is 1.96. The molecule has 29 heavy (non-hydrogen) atoms. The lowest BCUT2D eigenvalue weighted by Gasteiger charge is -2.12. The number of esters is 1. The third kappa shape index (κ3) is 4.72. The average Bonchev–Trinajstić information content (AvgIpc) is 2.87. The molecule has 156 valence electrons. The molecule has 1 heterocycles. The van der Waals surface area contributed by atoms with Crippen molar-refractivity contribution in [1.82, 2.24) is 0 Å². The summed E-state index contributed by atoms with van der Waals surface area (Å²) in [5.74, 6) is 0.345. The normalized spacial score (nSPS) is 13.4. The fraction of sp³-hybridized carbons (Fsp3) is 0.455. The minimum atomic E-state index is -0.373. The third-order valence-corrected chi connectivity index (χ3v) is 6.05. The predicted octanol–water partition coefficient (Wildman–Crippen LogP) is 4.85. The molecule has 0 fully saturated rings. The first-order valence-corrected chi connectivity index (χ1v) is 10.6. The largest absolute Gasteiger partial charge is 0.493 e. The molecular weight excluding hydrogens is 390 g/mol. The highest BCUT2D eigenvalue weighted by Crippen LogP contribution is 2.38. The Labute approximate surface area is 175 Å². The third-order valence-electron chi connectivity index (χ3n) is 4.84. The lowest BCUT2D eigenvalue weighted by atomic mass is 10.1. The minimum Gasteiger partial charge on any atom is -0.493 e. The molecule has 1 N–H and O–H groups in total. The van der Waals surface area contributed by atoms with E-state index in [0.717, 1.165) is 37.7 Å². The van der Waals surface area contributed by atoms with E-state index in [9.17, 15) is 9.59 Å². The van der Waals surface area contributed by atoms with Crippen molar-refractivity contribution in [2.24, 2.45) is 0 Å². The highest BCUT2D eigenvalue weighted by molar-refractivity contribution is 7.17. The molecule has 0 spiro atoms. The van der Waals surface area contributed by atoms with E-state index in [1.54, 1.807) is 25.3 Å². The van der Waals surface area contributed by atoms with Crippen molar-refractivity contribution in [3.8, 4) is 11.5 Å². The van der Waals surface area contributed by atoms with Gasteiger partial charge in [0, 0.05) is 10.4 Å². The number of anilines is 1. The summed E-state index contributed by atoms with van der Waals surface area (Å²) in [6.45, 7) is 3.65. The van der Waals surface area contributed by atoms with Crippen LogP contribution in [0.2, 0.25) is 0 Å². The zero-order chi connectivity index (χ0) is 21.0. The molecule has 7 heteroatoms. The van der Waals surface area contributed by atoms with Crippen LogP contribution >= 0.6 is 11.3 Å². The fourth-order valence-corrected chi connectivity index (χ4v) is 4.74. The SMILES string of the molecule is COc1ccc(C(=O)Nc2sc3c(c2C(=O)OC(C)C)CCCCC3)cc1OC. The van der Waals surface area contributed by atoms with Crippen LogP contribution in [0.15, 0.2) is 18.2 Å². The van der Waals surface area contributed by atoms with E-state index in [1.807, 2.05) is 13.8 Å². The van der Waals surface area contributed by atoms with Crippen LogP contribution in [-0.4, -0.2) is 32.2 Å². The maximum absolute atomic E-state index is 12.9. The van der Waals surface area contributed by atoms with Gasteiger partial charge in [-0.15, -0.1) is 11.3 Å². The molecule has 0 unspecified atom stereocenters. The lowest BCUT2D eigenvalue weighted by molar-refractivity contribution is 0.0378. The van der Waals surface area contributed by atoms with Crippen LogP contribution in [0.3, 0.4) is 0 Å². The molecule has 1 aromatic heterocycles. The molecule has 0 aliphatic heterocycles. The number of ether oxygens (including phenoxy) is 3. The number of nitrogens with one attached hydrogen (secondary N) is 1. The molecule has 6 nitrogen and oxygen atoms in total. The monoisotopic (exact) mass is 417 g/mol. The number of hydrogen-bond acceptors (Lipinski definition) is 6. The van der Waals surface area contributed by atoms with Crippen molar-refractivity contribution in [2.75, 3.05) is 19.5 Å². The molecule has 0 saturated heterocycles. The Kier molecular flexibility index (Phi) is 6.79. The van der Waals surface area contributed by atoms with Crippen LogP contribution in [0.1, 0.15) is 64.3 Å². The van der Waals surface area contributed by atoms with E-state index in [4.69, 9.17) is 14.2 Å². The van der Waals surface area contributed by atoms with Gasteiger partial charge < -0.3 is 19.5 Å². The first-order chi connectivity index (χ1) is 13.9. The van der Waals surface area contributed by atoms with Gasteiger partial charge in [0.1, 0.15) is 5.00 Å². The summed E-state index contributed by atoms with van der Waals surface area (Å²) in [6.07, 6.45) is 4.81. The van der Waals surface area contributed by atoms with Crippen LogP contribution < -0.4 is 14.8 Å². The first kappa shape index (κ1) is 21.2. The minimum absolute atomic E-state index is 0.224. The van der Waals surface area contributed by atoms with Crippen LogP contribution in [0.5, 0.6) is 11.5 Å². The molecule has 3 rings (SSSR count). The van der Waals surface area contributed by atoms with Gasteiger partial charge >= 0.3 is 5.97 Å². The van der Waals surface area contributed by atoms with E-state index in [2.05, 4.69) is 5.32 Å². The average molecular weight is 418 g/mol. The Morgan fingerprint density at radius 1 is 1.03 bits per heavy atom.